The molecule has 5 rings (SSSR count). The largest absolute Gasteiger partial charge is 0.440 e. The maximum Gasteiger partial charge on any atom is 0.223 e. The van der Waals surface area contributed by atoms with E-state index in [-0.39, 0.29) is 46.5 Å². The third kappa shape index (κ3) is 3.62. The van der Waals surface area contributed by atoms with Crippen LogP contribution in [0.2, 0.25) is 0 Å². The number of amides is 1. The van der Waals surface area contributed by atoms with Gasteiger partial charge in [-0.2, -0.15) is 0 Å². The zero-order chi connectivity index (χ0) is 22.5. The topological polar surface area (TPSA) is 96.6 Å². The number of pyridine rings is 1. The smallest absolute Gasteiger partial charge is 0.223 e. The van der Waals surface area contributed by atoms with Crippen LogP contribution in [-0.4, -0.2) is 60.1 Å². The van der Waals surface area contributed by atoms with E-state index < -0.39 is 9.84 Å². The molecule has 2 fully saturated rings. The third-order valence-electron chi connectivity index (χ3n) is 6.27. The van der Waals surface area contributed by atoms with Crippen LogP contribution in [0.3, 0.4) is 0 Å². The van der Waals surface area contributed by atoms with Crippen molar-refractivity contribution in [3.05, 3.63) is 48.4 Å². The zero-order valence-electron chi connectivity index (χ0n) is 17.6. The first-order valence-corrected chi connectivity index (χ1v) is 12.2. The van der Waals surface area contributed by atoms with Crippen molar-refractivity contribution in [1.82, 2.24) is 14.9 Å². The molecule has 0 saturated carbocycles. The second-order valence-electron chi connectivity index (χ2n) is 8.32. The molecule has 32 heavy (non-hydrogen) atoms. The van der Waals surface area contributed by atoms with Gasteiger partial charge in [-0.25, -0.2) is 17.8 Å². The summed E-state index contributed by atoms with van der Waals surface area (Å²) in [7, 11) is -3.73. The maximum absolute atomic E-state index is 14.3. The molecule has 10 heteroatoms. The Balaban J connectivity index is 1.28. The highest BCUT2D eigenvalue weighted by atomic mass is 32.2. The monoisotopic (exact) mass is 458 g/mol. The molecule has 2 aromatic heterocycles. The number of para-hydroxylation sites is 1. The number of carbonyl (C=O) groups is 1. The number of aryl methyl sites for hydroxylation is 1. The minimum absolute atomic E-state index is 0.0112. The van der Waals surface area contributed by atoms with Gasteiger partial charge in [-0.05, 0) is 31.0 Å². The Hall–Kier alpha value is -3.01. The summed E-state index contributed by atoms with van der Waals surface area (Å²) in [5, 5.41) is 0. The van der Waals surface area contributed by atoms with E-state index in [4.69, 9.17) is 4.42 Å². The van der Waals surface area contributed by atoms with Crippen LogP contribution in [0.5, 0.6) is 0 Å². The van der Waals surface area contributed by atoms with E-state index in [0.717, 1.165) is 12.8 Å². The Kier molecular flexibility index (Phi) is 5.11. The Morgan fingerprint density at radius 1 is 1.22 bits per heavy atom. The van der Waals surface area contributed by atoms with Crippen LogP contribution in [0.25, 0.3) is 11.1 Å². The molecule has 8 nitrogen and oxygen atoms in total. The number of fused-ring (bicyclic) bond motifs is 3. The molecule has 1 aromatic carbocycles. The minimum atomic E-state index is -3.73. The number of rotatable bonds is 5. The molecule has 2 saturated heterocycles. The third-order valence-corrected chi connectivity index (χ3v) is 8.00. The van der Waals surface area contributed by atoms with E-state index in [1.807, 2.05) is 4.90 Å². The van der Waals surface area contributed by atoms with E-state index in [2.05, 4.69) is 9.97 Å². The van der Waals surface area contributed by atoms with Crippen molar-refractivity contribution in [3.63, 3.8) is 0 Å². The van der Waals surface area contributed by atoms with Gasteiger partial charge < -0.3 is 14.2 Å². The van der Waals surface area contributed by atoms with E-state index in [1.54, 1.807) is 36.2 Å². The molecular formula is C22H23FN4O4S. The molecule has 2 bridgehead atoms. The maximum atomic E-state index is 14.3. The second-order valence-corrected chi connectivity index (χ2v) is 10.4. The Morgan fingerprint density at radius 2 is 1.97 bits per heavy atom. The van der Waals surface area contributed by atoms with Gasteiger partial charge in [0.1, 0.15) is 10.4 Å². The summed E-state index contributed by atoms with van der Waals surface area (Å²) in [6.07, 6.45) is 4.38. The second kappa shape index (κ2) is 7.84. The average Bonchev–Trinajstić information content (AvgIpc) is 3.27. The molecule has 0 aliphatic carbocycles. The number of likely N-dealkylation sites (tertiary alicyclic amines) is 1. The lowest BCUT2D eigenvalue weighted by Gasteiger charge is -2.42. The van der Waals surface area contributed by atoms with E-state index in [1.165, 1.54) is 12.3 Å². The molecule has 0 unspecified atom stereocenters. The van der Waals surface area contributed by atoms with Crippen molar-refractivity contribution in [3.8, 4) is 0 Å². The number of nitrogens with zero attached hydrogens (tertiary/aromatic N) is 4. The Morgan fingerprint density at radius 3 is 2.69 bits per heavy atom. The van der Waals surface area contributed by atoms with Crippen molar-refractivity contribution >= 4 is 32.5 Å². The highest BCUT2D eigenvalue weighted by Crippen LogP contribution is 2.36. The molecular weight excluding hydrogens is 435 g/mol. The fourth-order valence-corrected chi connectivity index (χ4v) is 6.22. The summed E-state index contributed by atoms with van der Waals surface area (Å²) >= 11 is 0. The molecule has 3 aromatic rings. The van der Waals surface area contributed by atoms with Crippen LogP contribution >= 0.6 is 0 Å². The zero-order valence-corrected chi connectivity index (χ0v) is 18.4. The van der Waals surface area contributed by atoms with Gasteiger partial charge in [0.25, 0.3) is 0 Å². The summed E-state index contributed by atoms with van der Waals surface area (Å²) < 4.78 is 45.6. The van der Waals surface area contributed by atoms with Gasteiger partial charge in [0.2, 0.25) is 5.91 Å². The lowest BCUT2D eigenvalue weighted by atomic mass is 10.1. The lowest BCUT2D eigenvalue weighted by Crippen LogP contribution is -2.55. The van der Waals surface area contributed by atoms with Crippen molar-refractivity contribution in [2.24, 2.45) is 0 Å². The number of oxazole rings is 1. The molecule has 2 aliphatic heterocycles. The fraction of sp³-hybridized carbons (Fsp3) is 0.409. The number of hydrogen-bond donors (Lipinski definition) is 0. The van der Waals surface area contributed by atoms with Crippen molar-refractivity contribution in [2.75, 3.05) is 23.7 Å². The molecule has 2 atom stereocenters. The molecule has 0 spiro atoms. The van der Waals surface area contributed by atoms with Crippen molar-refractivity contribution < 1.29 is 22.0 Å². The molecule has 0 N–H and O–H groups in total. The molecule has 168 valence electrons. The van der Waals surface area contributed by atoms with Crippen molar-refractivity contribution in [1.29, 1.82) is 0 Å². The SMILES string of the molecule is Cc1nc2cccc(S(=O)(=O)CCC(=O)N3C[C@H]4CC[C@@H](C3)N4c3ccncc3F)c2o1. The number of anilines is 1. The van der Waals surface area contributed by atoms with Gasteiger partial charge >= 0.3 is 0 Å². The number of hydrogen-bond acceptors (Lipinski definition) is 7. The van der Waals surface area contributed by atoms with Crippen LogP contribution in [0.4, 0.5) is 10.1 Å². The van der Waals surface area contributed by atoms with Crippen LogP contribution in [0, 0.1) is 12.7 Å². The highest BCUT2D eigenvalue weighted by molar-refractivity contribution is 7.91. The van der Waals surface area contributed by atoms with E-state index >= 15 is 0 Å². The van der Waals surface area contributed by atoms with Gasteiger partial charge in [-0.15, -0.1) is 0 Å². The van der Waals surface area contributed by atoms with Crippen LogP contribution < -0.4 is 4.90 Å². The predicted molar refractivity (Wildman–Crippen MR) is 115 cm³/mol. The number of benzene rings is 1. The average molecular weight is 459 g/mol. The molecule has 1 amide bonds. The fourth-order valence-electron chi connectivity index (χ4n) is 4.85. The Labute approximate surface area is 185 Å². The first-order valence-electron chi connectivity index (χ1n) is 10.6. The van der Waals surface area contributed by atoms with E-state index in [9.17, 15) is 17.6 Å². The first kappa shape index (κ1) is 20.9. The van der Waals surface area contributed by atoms with Crippen LogP contribution in [0.15, 0.2) is 46.0 Å². The van der Waals surface area contributed by atoms with Gasteiger partial charge in [0.15, 0.2) is 27.1 Å². The van der Waals surface area contributed by atoms with Gasteiger partial charge in [-0.3, -0.25) is 9.78 Å². The van der Waals surface area contributed by atoms with Gasteiger partial charge in [0, 0.05) is 44.7 Å². The van der Waals surface area contributed by atoms with Crippen LogP contribution in [0.1, 0.15) is 25.2 Å². The summed E-state index contributed by atoms with van der Waals surface area (Å²) in [5.74, 6) is -0.495. The van der Waals surface area contributed by atoms with Gasteiger partial charge in [0.05, 0.1) is 17.6 Å². The number of sulfone groups is 1. The molecule has 2 aliphatic rings. The predicted octanol–water partition coefficient (Wildman–Crippen LogP) is 2.71. The summed E-state index contributed by atoms with van der Waals surface area (Å²) in [5.41, 5.74) is 1.21. The lowest BCUT2D eigenvalue weighted by molar-refractivity contribution is -0.131. The van der Waals surface area contributed by atoms with Crippen LogP contribution in [-0.2, 0) is 14.6 Å². The number of carbonyl (C=O) groups excluding carboxylic acids is 1. The molecule has 0 radical (unpaired) electrons. The summed E-state index contributed by atoms with van der Waals surface area (Å²) in [6, 6.07) is 6.48. The summed E-state index contributed by atoms with van der Waals surface area (Å²) in [4.78, 5) is 24.7. The normalized spacial score (nSPS) is 20.8. The number of aromatic nitrogens is 2. The molecule has 4 heterocycles. The minimum Gasteiger partial charge on any atom is -0.440 e. The van der Waals surface area contributed by atoms with Crippen molar-refractivity contribution in [2.45, 2.75) is 43.2 Å². The highest BCUT2D eigenvalue weighted by Gasteiger charge is 2.42. The number of halogens is 1. The van der Waals surface area contributed by atoms with Gasteiger partial charge in [-0.1, -0.05) is 6.07 Å². The number of piperazine rings is 1. The standard InChI is InChI=1S/C22H23FN4O4S/c1-14-25-18-3-2-4-20(22(18)31-14)32(29,30)10-8-21(28)26-12-15-5-6-16(13-26)27(15)19-7-9-24-11-17(19)23/h2-4,7,9,11,15-16H,5-6,8,10,12-13H2,1H3/t15-,16+. The first-order chi connectivity index (χ1) is 15.3. The van der Waals surface area contributed by atoms with E-state index in [0.29, 0.717) is 30.2 Å². The Bertz CT molecular complexity index is 1280. The summed E-state index contributed by atoms with van der Waals surface area (Å²) in [6.45, 7) is 2.56. The quantitative estimate of drug-likeness (QED) is 0.580.